The van der Waals surface area contributed by atoms with E-state index in [1.165, 1.54) is 0 Å². The van der Waals surface area contributed by atoms with Crippen molar-refractivity contribution in [2.24, 2.45) is 10.6 Å². The molecule has 0 saturated heterocycles. The summed E-state index contributed by atoms with van der Waals surface area (Å²) in [6, 6.07) is 0. The summed E-state index contributed by atoms with van der Waals surface area (Å²) in [7, 11) is 1.87. The average Bonchev–Trinajstić information content (AvgIpc) is 1.64. The molecule has 0 saturated carbocycles. The van der Waals surface area contributed by atoms with Gasteiger partial charge in [0, 0.05) is 12.0 Å². The Morgan fingerprint density at radius 1 is 1.56 bits per heavy atom. The number of hydrogen-bond donors (Lipinski definition) is 1. The zero-order chi connectivity index (χ0) is 7.33. The molecule has 3 heteroatoms. The van der Waals surface area contributed by atoms with Crippen molar-refractivity contribution >= 4 is 0 Å². The van der Waals surface area contributed by atoms with Gasteiger partial charge in [0.05, 0.1) is 6.54 Å². The van der Waals surface area contributed by atoms with E-state index in [0.717, 1.165) is 6.54 Å². The van der Waals surface area contributed by atoms with Crippen LogP contribution in [0.15, 0.2) is 5.18 Å². The van der Waals surface area contributed by atoms with Gasteiger partial charge in [-0.2, -0.15) is 4.91 Å². The van der Waals surface area contributed by atoms with Crippen LogP contribution in [0.3, 0.4) is 0 Å². The van der Waals surface area contributed by atoms with E-state index in [1.807, 2.05) is 20.9 Å². The van der Waals surface area contributed by atoms with Crippen LogP contribution in [0.1, 0.15) is 13.8 Å². The summed E-state index contributed by atoms with van der Waals surface area (Å²) >= 11 is 0. The minimum Gasteiger partial charge on any atom is -0.319 e. The first-order valence-electron chi connectivity index (χ1n) is 3.06. The first-order valence-corrected chi connectivity index (χ1v) is 3.06. The van der Waals surface area contributed by atoms with Crippen molar-refractivity contribution < 1.29 is 0 Å². The van der Waals surface area contributed by atoms with E-state index in [0.29, 0.717) is 6.54 Å². The quantitative estimate of drug-likeness (QED) is 0.577. The third-order valence-electron chi connectivity index (χ3n) is 1.15. The first kappa shape index (κ1) is 8.56. The predicted molar refractivity (Wildman–Crippen MR) is 38.4 cm³/mol. The molecule has 0 aliphatic rings. The molecule has 0 aromatic rings. The number of hydrogen-bond acceptors (Lipinski definition) is 3. The first-order chi connectivity index (χ1) is 4.12. The van der Waals surface area contributed by atoms with E-state index >= 15 is 0 Å². The van der Waals surface area contributed by atoms with Crippen molar-refractivity contribution in [1.29, 1.82) is 0 Å². The third-order valence-corrected chi connectivity index (χ3v) is 1.15. The minimum atomic E-state index is 0.0104. The van der Waals surface area contributed by atoms with Gasteiger partial charge in [-0.1, -0.05) is 19.0 Å². The van der Waals surface area contributed by atoms with Gasteiger partial charge in [0.1, 0.15) is 0 Å². The van der Waals surface area contributed by atoms with Crippen LogP contribution < -0.4 is 5.32 Å². The van der Waals surface area contributed by atoms with Crippen LogP contribution in [0.5, 0.6) is 0 Å². The Hall–Kier alpha value is -0.440. The largest absolute Gasteiger partial charge is 0.319 e. The van der Waals surface area contributed by atoms with E-state index in [1.54, 1.807) is 0 Å². The second-order valence-electron chi connectivity index (χ2n) is 2.98. The predicted octanol–water partition coefficient (Wildman–Crippen LogP) is 0.998. The summed E-state index contributed by atoms with van der Waals surface area (Å²) in [5.74, 6) is 0. The molecular formula is C6H14N2O. The molecule has 1 N–H and O–H groups in total. The maximum Gasteiger partial charge on any atom is 0.0874 e. The Morgan fingerprint density at radius 2 is 2.11 bits per heavy atom. The lowest BCUT2D eigenvalue weighted by Gasteiger charge is -2.19. The summed E-state index contributed by atoms with van der Waals surface area (Å²) in [5.41, 5.74) is 0.0104. The molecule has 0 fully saturated rings. The van der Waals surface area contributed by atoms with Gasteiger partial charge in [0.15, 0.2) is 0 Å². The molecule has 0 aliphatic carbocycles. The number of nitroso groups, excluding NO2 is 1. The number of nitrogens with one attached hydrogen (secondary N) is 1. The van der Waals surface area contributed by atoms with Crippen molar-refractivity contribution in [2.75, 3.05) is 20.1 Å². The van der Waals surface area contributed by atoms with Crippen LogP contribution in [0.4, 0.5) is 0 Å². The highest BCUT2D eigenvalue weighted by atomic mass is 16.3. The highest BCUT2D eigenvalue weighted by Gasteiger charge is 2.15. The fourth-order valence-electron chi connectivity index (χ4n) is 0.709. The number of rotatable bonds is 4. The van der Waals surface area contributed by atoms with E-state index in [2.05, 4.69) is 10.5 Å². The second-order valence-corrected chi connectivity index (χ2v) is 2.98. The van der Waals surface area contributed by atoms with E-state index in [-0.39, 0.29) is 5.41 Å². The van der Waals surface area contributed by atoms with Crippen LogP contribution in [0.25, 0.3) is 0 Å². The Morgan fingerprint density at radius 3 is 2.44 bits per heavy atom. The molecule has 0 heterocycles. The summed E-state index contributed by atoms with van der Waals surface area (Å²) in [5, 5.41) is 5.83. The van der Waals surface area contributed by atoms with Crippen molar-refractivity contribution in [3.8, 4) is 0 Å². The van der Waals surface area contributed by atoms with Crippen molar-refractivity contribution in [3.63, 3.8) is 0 Å². The minimum absolute atomic E-state index is 0.0104. The third kappa shape index (κ3) is 4.09. The lowest BCUT2D eigenvalue weighted by atomic mass is 9.94. The fourth-order valence-corrected chi connectivity index (χ4v) is 0.709. The molecule has 3 nitrogen and oxygen atoms in total. The zero-order valence-electron chi connectivity index (χ0n) is 6.27. The molecule has 0 atom stereocenters. The van der Waals surface area contributed by atoms with Crippen LogP contribution in [-0.2, 0) is 0 Å². The molecule has 54 valence electrons. The molecule has 0 spiro atoms. The molecule has 0 radical (unpaired) electrons. The fraction of sp³-hybridized carbons (Fsp3) is 1.00. The van der Waals surface area contributed by atoms with Crippen molar-refractivity contribution in [2.45, 2.75) is 13.8 Å². The van der Waals surface area contributed by atoms with Gasteiger partial charge in [0.25, 0.3) is 0 Å². The van der Waals surface area contributed by atoms with Gasteiger partial charge in [-0.05, 0) is 7.05 Å². The Balaban J connectivity index is 3.55. The number of nitrogens with zero attached hydrogens (tertiary/aromatic N) is 1. The highest BCUT2D eigenvalue weighted by Crippen LogP contribution is 2.12. The van der Waals surface area contributed by atoms with E-state index < -0.39 is 0 Å². The SMILES string of the molecule is CNCC(C)(C)CN=O. The molecule has 0 amide bonds. The maximum absolute atomic E-state index is 9.82. The van der Waals surface area contributed by atoms with E-state index in [4.69, 9.17) is 0 Å². The summed E-state index contributed by atoms with van der Waals surface area (Å²) in [6.45, 7) is 5.22. The molecular weight excluding hydrogens is 116 g/mol. The zero-order valence-corrected chi connectivity index (χ0v) is 6.27. The summed E-state index contributed by atoms with van der Waals surface area (Å²) in [6.07, 6.45) is 0. The van der Waals surface area contributed by atoms with Gasteiger partial charge in [-0.15, -0.1) is 0 Å². The maximum atomic E-state index is 9.82. The van der Waals surface area contributed by atoms with Gasteiger partial charge >= 0.3 is 0 Å². The summed E-state index contributed by atoms with van der Waals surface area (Å²) in [4.78, 5) is 9.82. The van der Waals surface area contributed by atoms with Crippen molar-refractivity contribution in [3.05, 3.63) is 4.91 Å². The lowest BCUT2D eigenvalue weighted by Crippen LogP contribution is -2.29. The average molecular weight is 130 g/mol. The molecule has 0 rings (SSSR count). The van der Waals surface area contributed by atoms with E-state index in [9.17, 15) is 4.91 Å². The Labute approximate surface area is 55.8 Å². The molecule has 0 bridgehead atoms. The lowest BCUT2D eigenvalue weighted by molar-refractivity contribution is 0.364. The van der Waals surface area contributed by atoms with Crippen molar-refractivity contribution in [1.82, 2.24) is 5.32 Å². The monoisotopic (exact) mass is 130 g/mol. The Bertz CT molecular complexity index is 91.1. The van der Waals surface area contributed by atoms with Crippen LogP contribution in [0.2, 0.25) is 0 Å². The van der Waals surface area contributed by atoms with Crippen LogP contribution in [0, 0.1) is 10.3 Å². The highest BCUT2D eigenvalue weighted by molar-refractivity contribution is 4.72. The topological polar surface area (TPSA) is 41.5 Å². The molecule has 0 aromatic heterocycles. The smallest absolute Gasteiger partial charge is 0.0874 e. The standard InChI is InChI=1S/C6H14N2O/c1-6(2,4-7-3)5-8-9/h7H,4-5H2,1-3H3. The van der Waals surface area contributed by atoms with Gasteiger partial charge in [-0.25, -0.2) is 0 Å². The van der Waals surface area contributed by atoms with Crippen LogP contribution in [-0.4, -0.2) is 20.1 Å². The molecule has 0 aromatic carbocycles. The second kappa shape index (κ2) is 3.56. The van der Waals surface area contributed by atoms with Gasteiger partial charge in [-0.3, -0.25) is 0 Å². The van der Waals surface area contributed by atoms with Crippen LogP contribution >= 0.6 is 0 Å². The Kier molecular flexibility index (Phi) is 3.39. The van der Waals surface area contributed by atoms with Gasteiger partial charge < -0.3 is 5.32 Å². The van der Waals surface area contributed by atoms with Gasteiger partial charge in [0.2, 0.25) is 0 Å². The summed E-state index contributed by atoms with van der Waals surface area (Å²) < 4.78 is 0. The molecule has 9 heavy (non-hydrogen) atoms. The molecule has 0 aliphatic heterocycles. The normalized spacial score (nSPS) is 11.4. The molecule has 0 unspecified atom stereocenters.